The van der Waals surface area contributed by atoms with E-state index in [1.807, 2.05) is 7.05 Å². The van der Waals surface area contributed by atoms with Gasteiger partial charge in [-0.15, -0.1) is 0 Å². The lowest BCUT2D eigenvalue weighted by Gasteiger charge is -2.32. The Bertz CT molecular complexity index is 411. The lowest BCUT2D eigenvalue weighted by atomic mass is 9.77. The van der Waals surface area contributed by atoms with Gasteiger partial charge in [-0.1, -0.05) is 19.8 Å². The van der Waals surface area contributed by atoms with Gasteiger partial charge in [-0.05, 0) is 61.9 Å². The van der Waals surface area contributed by atoms with Crippen LogP contribution in [0.4, 0.5) is 8.78 Å². The molecular formula is C16H23F2N. The van der Waals surface area contributed by atoms with Gasteiger partial charge in [0.25, 0.3) is 0 Å². The monoisotopic (exact) mass is 267 g/mol. The van der Waals surface area contributed by atoms with Gasteiger partial charge >= 0.3 is 0 Å². The van der Waals surface area contributed by atoms with Crippen LogP contribution in [0.5, 0.6) is 0 Å². The summed E-state index contributed by atoms with van der Waals surface area (Å²) in [6.07, 6.45) is 5.43. The van der Waals surface area contributed by atoms with E-state index in [4.69, 9.17) is 0 Å². The number of halogens is 2. The Morgan fingerprint density at radius 1 is 1.21 bits per heavy atom. The molecule has 0 saturated heterocycles. The van der Waals surface area contributed by atoms with Gasteiger partial charge in [0.15, 0.2) is 0 Å². The molecule has 1 nitrogen and oxygen atoms in total. The highest BCUT2D eigenvalue weighted by Crippen LogP contribution is 2.31. The summed E-state index contributed by atoms with van der Waals surface area (Å²) in [4.78, 5) is 0. The molecule has 1 fully saturated rings. The van der Waals surface area contributed by atoms with Gasteiger partial charge < -0.3 is 5.32 Å². The molecule has 1 saturated carbocycles. The Morgan fingerprint density at radius 2 is 1.89 bits per heavy atom. The topological polar surface area (TPSA) is 12.0 Å². The van der Waals surface area contributed by atoms with Gasteiger partial charge in [-0.3, -0.25) is 0 Å². The van der Waals surface area contributed by atoms with Crippen LogP contribution in [0.1, 0.15) is 38.2 Å². The highest BCUT2D eigenvalue weighted by molar-refractivity contribution is 5.20. The molecule has 0 heterocycles. The second kappa shape index (κ2) is 6.47. The van der Waals surface area contributed by atoms with Crippen molar-refractivity contribution in [1.82, 2.24) is 5.32 Å². The zero-order valence-electron chi connectivity index (χ0n) is 11.8. The lowest BCUT2D eigenvalue weighted by Crippen LogP contribution is -2.37. The number of hydrogen-bond donors (Lipinski definition) is 1. The molecule has 3 heteroatoms. The fourth-order valence-corrected chi connectivity index (χ4v) is 3.13. The van der Waals surface area contributed by atoms with Crippen molar-refractivity contribution in [1.29, 1.82) is 0 Å². The Morgan fingerprint density at radius 3 is 2.53 bits per heavy atom. The number of benzene rings is 1. The molecule has 1 aliphatic carbocycles. The van der Waals surface area contributed by atoms with Crippen LogP contribution in [0.3, 0.4) is 0 Å². The molecule has 1 N–H and O–H groups in total. The van der Waals surface area contributed by atoms with Gasteiger partial charge in [0.2, 0.25) is 0 Å². The predicted octanol–water partition coefficient (Wildman–Crippen LogP) is 3.92. The fourth-order valence-electron chi connectivity index (χ4n) is 3.13. The van der Waals surface area contributed by atoms with Crippen molar-refractivity contribution >= 4 is 0 Å². The molecule has 1 aromatic carbocycles. The van der Waals surface area contributed by atoms with E-state index in [2.05, 4.69) is 12.2 Å². The maximum absolute atomic E-state index is 13.7. The first-order valence-electron chi connectivity index (χ1n) is 7.21. The number of rotatable bonds is 4. The molecule has 0 radical (unpaired) electrons. The van der Waals surface area contributed by atoms with Crippen molar-refractivity contribution < 1.29 is 8.78 Å². The summed E-state index contributed by atoms with van der Waals surface area (Å²) in [5, 5.41) is 3.29. The molecule has 1 unspecified atom stereocenters. The van der Waals surface area contributed by atoms with Gasteiger partial charge in [-0.2, -0.15) is 0 Å². The summed E-state index contributed by atoms with van der Waals surface area (Å²) in [6.45, 7) is 2.29. The minimum Gasteiger partial charge on any atom is -0.316 e. The molecule has 0 spiro atoms. The molecule has 2 rings (SSSR count). The smallest absolute Gasteiger partial charge is 0.126 e. The van der Waals surface area contributed by atoms with Crippen molar-refractivity contribution in [2.24, 2.45) is 11.8 Å². The van der Waals surface area contributed by atoms with E-state index in [-0.39, 0.29) is 17.7 Å². The van der Waals surface area contributed by atoms with Crippen LogP contribution in [-0.4, -0.2) is 13.1 Å². The third kappa shape index (κ3) is 3.75. The van der Waals surface area contributed by atoms with E-state index in [0.717, 1.165) is 5.92 Å². The van der Waals surface area contributed by atoms with E-state index in [1.165, 1.54) is 43.9 Å². The first-order chi connectivity index (χ1) is 9.10. The zero-order valence-corrected chi connectivity index (χ0v) is 11.8. The van der Waals surface area contributed by atoms with Crippen molar-refractivity contribution in [2.45, 2.75) is 45.1 Å². The van der Waals surface area contributed by atoms with E-state index in [1.54, 1.807) is 0 Å². The Labute approximate surface area is 114 Å². The Hall–Kier alpha value is -0.960. The second-order valence-corrected chi connectivity index (χ2v) is 5.85. The van der Waals surface area contributed by atoms with E-state index in [9.17, 15) is 8.78 Å². The number of nitrogens with one attached hydrogen (secondary N) is 1. The Kier molecular flexibility index (Phi) is 4.92. The van der Waals surface area contributed by atoms with E-state index < -0.39 is 0 Å². The summed E-state index contributed by atoms with van der Waals surface area (Å²) in [7, 11) is 1.92. The summed E-state index contributed by atoms with van der Waals surface area (Å²) in [5.41, 5.74) is 0.484. The van der Waals surface area contributed by atoms with Crippen molar-refractivity contribution in [3.63, 3.8) is 0 Å². The molecule has 19 heavy (non-hydrogen) atoms. The summed E-state index contributed by atoms with van der Waals surface area (Å²) >= 11 is 0. The van der Waals surface area contributed by atoms with E-state index in [0.29, 0.717) is 17.9 Å². The average Bonchev–Trinajstić information content (AvgIpc) is 2.41. The number of hydrogen-bond acceptors (Lipinski definition) is 1. The summed E-state index contributed by atoms with van der Waals surface area (Å²) < 4.78 is 26.9. The molecule has 0 amide bonds. The van der Waals surface area contributed by atoms with Gasteiger partial charge in [-0.25, -0.2) is 8.78 Å². The fraction of sp³-hybridized carbons (Fsp3) is 0.625. The van der Waals surface area contributed by atoms with Crippen LogP contribution in [0.15, 0.2) is 18.2 Å². The molecule has 1 aromatic rings. The molecule has 0 bridgehead atoms. The normalized spacial score (nSPS) is 25.3. The highest BCUT2D eigenvalue weighted by Gasteiger charge is 2.25. The largest absolute Gasteiger partial charge is 0.316 e. The SMILES string of the molecule is CNC(Cc1cc(F)ccc1F)C1CCC(C)CC1. The Balaban J connectivity index is 2.04. The van der Waals surface area contributed by atoms with Crippen LogP contribution in [0.25, 0.3) is 0 Å². The minimum atomic E-state index is -0.358. The maximum Gasteiger partial charge on any atom is 0.126 e. The van der Waals surface area contributed by atoms with Crippen molar-refractivity contribution in [2.75, 3.05) is 7.05 Å². The lowest BCUT2D eigenvalue weighted by molar-refractivity contribution is 0.234. The van der Waals surface area contributed by atoms with Crippen molar-refractivity contribution in [3.05, 3.63) is 35.4 Å². The first kappa shape index (κ1) is 14.4. The third-order valence-electron chi connectivity index (χ3n) is 4.45. The molecule has 1 aliphatic rings. The molecular weight excluding hydrogens is 244 g/mol. The predicted molar refractivity (Wildman–Crippen MR) is 74.0 cm³/mol. The minimum absolute atomic E-state index is 0.240. The van der Waals surface area contributed by atoms with Gasteiger partial charge in [0.1, 0.15) is 11.6 Å². The highest BCUT2D eigenvalue weighted by atomic mass is 19.1. The maximum atomic E-state index is 13.7. The second-order valence-electron chi connectivity index (χ2n) is 5.85. The van der Waals surface area contributed by atoms with Crippen LogP contribution in [-0.2, 0) is 6.42 Å². The van der Waals surface area contributed by atoms with Crippen molar-refractivity contribution in [3.8, 4) is 0 Å². The molecule has 106 valence electrons. The van der Waals surface area contributed by atoms with Crippen LogP contribution < -0.4 is 5.32 Å². The number of likely N-dealkylation sites (N-methyl/N-ethyl adjacent to an activating group) is 1. The van der Waals surface area contributed by atoms with Crippen LogP contribution in [0, 0.1) is 23.5 Å². The quantitative estimate of drug-likeness (QED) is 0.871. The molecule has 0 aromatic heterocycles. The van der Waals surface area contributed by atoms with Crippen LogP contribution in [0.2, 0.25) is 0 Å². The standard InChI is InChI=1S/C16H23F2N/c1-11-3-5-12(6-4-11)16(19-2)10-13-9-14(17)7-8-15(13)18/h7-9,11-12,16,19H,3-6,10H2,1-2H3. The summed E-state index contributed by atoms with van der Waals surface area (Å²) in [6, 6.07) is 3.96. The average molecular weight is 267 g/mol. The zero-order chi connectivity index (χ0) is 13.8. The first-order valence-corrected chi connectivity index (χ1v) is 7.21. The van der Waals surface area contributed by atoms with E-state index >= 15 is 0 Å². The molecule has 1 atom stereocenters. The molecule has 0 aliphatic heterocycles. The van der Waals surface area contributed by atoms with Crippen LogP contribution >= 0.6 is 0 Å². The van der Waals surface area contributed by atoms with Gasteiger partial charge in [0, 0.05) is 6.04 Å². The van der Waals surface area contributed by atoms with Gasteiger partial charge in [0.05, 0.1) is 0 Å². The summed E-state index contributed by atoms with van der Waals surface area (Å²) in [5.74, 6) is 0.720. The third-order valence-corrected chi connectivity index (χ3v) is 4.45.